The highest BCUT2D eigenvalue weighted by Crippen LogP contribution is 2.50. The third kappa shape index (κ3) is 3.62. The second-order valence-electron chi connectivity index (χ2n) is 8.80. The van der Waals surface area contributed by atoms with Gasteiger partial charge in [0.2, 0.25) is 0 Å². The Hall–Kier alpha value is -1.78. The van der Waals surface area contributed by atoms with Crippen molar-refractivity contribution in [2.45, 2.75) is 51.1 Å². The van der Waals surface area contributed by atoms with E-state index in [1.54, 1.807) is 28.3 Å². The Kier molecular flexibility index (Phi) is 5.28. The fourth-order valence-corrected chi connectivity index (χ4v) is 6.17. The highest BCUT2D eigenvalue weighted by atomic mass is 32.2. The monoisotopic (exact) mass is 422 g/mol. The van der Waals surface area contributed by atoms with Gasteiger partial charge in [0.1, 0.15) is 18.0 Å². The molecule has 1 atom stereocenters. The van der Waals surface area contributed by atoms with Crippen molar-refractivity contribution < 1.29 is 13.2 Å². The molecule has 4 rings (SSSR count). The normalized spacial score (nSPS) is 22.7. The smallest absolute Gasteiger partial charge is 0.262 e. The molecule has 10 heteroatoms. The van der Waals surface area contributed by atoms with Crippen molar-refractivity contribution in [2.75, 3.05) is 26.3 Å². The number of sulfonamides is 1. The molecule has 0 N–H and O–H groups in total. The van der Waals surface area contributed by atoms with Gasteiger partial charge in [-0.1, -0.05) is 13.8 Å². The molecule has 2 fully saturated rings. The van der Waals surface area contributed by atoms with Crippen molar-refractivity contribution in [1.29, 1.82) is 0 Å². The lowest BCUT2D eigenvalue weighted by Gasteiger charge is -2.37. The van der Waals surface area contributed by atoms with Crippen molar-refractivity contribution in [1.82, 2.24) is 28.6 Å². The number of hydrogen-bond donors (Lipinski definition) is 0. The Balaban J connectivity index is 1.71. The molecule has 160 valence electrons. The van der Waals surface area contributed by atoms with E-state index in [1.165, 1.54) is 0 Å². The minimum atomic E-state index is -3.67. The molecule has 4 heterocycles. The number of hydrogen-bond acceptors (Lipinski definition) is 6. The fraction of sp³-hybridized carbons (Fsp3) is 0.737. The van der Waals surface area contributed by atoms with Crippen molar-refractivity contribution in [2.24, 2.45) is 18.4 Å². The van der Waals surface area contributed by atoms with Crippen LogP contribution in [0.25, 0.3) is 0 Å². The third-order valence-corrected chi connectivity index (χ3v) is 8.00. The first-order chi connectivity index (χ1) is 13.7. The molecular weight excluding hydrogens is 392 g/mol. The van der Waals surface area contributed by atoms with E-state index in [9.17, 15) is 8.42 Å². The van der Waals surface area contributed by atoms with Gasteiger partial charge in [-0.25, -0.2) is 13.4 Å². The van der Waals surface area contributed by atoms with E-state index in [2.05, 4.69) is 33.6 Å². The lowest BCUT2D eigenvalue weighted by Crippen LogP contribution is -2.38. The maximum absolute atomic E-state index is 13.4. The highest BCUT2D eigenvalue weighted by Gasteiger charge is 2.53. The third-order valence-electron chi connectivity index (χ3n) is 6.31. The topological polar surface area (TPSA) is 95.1 Å². The van der Waals surface area contributed by atoms with Crippen LogP contribution in [-0.2, 0) is 28.4 Å². The molecule has 9 nitrogen and oxygen atoms in total. The van der Waals surface area contributed by atoms with E-state index in [-0.39, 0.29) is 16.4 Å². The van der Waals surface area contributed by atoms with Gasteiger partial charge in [0.25, 0.3) is 10.0 Å². The Labute approximate surface area is 172 Å². The largest absolute Gasteiger partial charge is 0.381 e. The molecule has 0 aliphatic carbocycles. The average Bonchev–Trinajstić information content (AvgIpc) is 3.34. The molecule has 2 aliphatic heterocycles. The molecular formula is C19H30N6O3S. The maximum atomic E-state index is 13.4. The van der Waals surface area contributed by atoms with Crippen LogP contribution in [-0.4, -0.2) is 63.3 Å². The van der Waals surface area contributed by atoms with Gasteiger partial charge >= 0.3 is 0 Å². The van der Waals surface area contributed by atoms with Gasteiger partial charge in [0.05, 0.1) is 0 Å². The molecule has 1 unspecified atom stereocenters. The maximum Gasteiger partial charge on any atom is 0.262 e. The van der Waals surface area contributed by atoms with Crippen LogP contribution >= 0.6 is 0 Å². The van der Waals surface area contributed by atoms with Crippen molar-refractivity contribution in [3.63, 3.8) is 0 Å². The molecule has 2 aromatic heterocycles. The number of rotatable bonds is 5. The summed E-state index contributed by atoms with van der Waals surface area (Å²) in [6, 6.07) is 0. The average molecular weight is 423 g/mol. The predicted octanol–water partition coefficient (Wildman–Crippen LogP) is 1.56. The SMILES string of the molecule is Cc1nc(S(=O)(=O)N2CC(c3nncn3CC(C)C)C3(CCOCC3)C2)cn1C. The number of ether oxygens (including phenoxy) is 1. The molecule has 0 radical (unpaired) electrons. The summed E-state index contributed by atoms with van der Waals surface area (Å²) in [5.41, 5.74) is -0.184. The first-order valence-electron chi connectivity index (χ1n) is 10.2. The lowest BCUT2D eigenvalue weighted by molar-refractivity contribution is 0.0129. The molecule has 0 amide bonds. The Morgan fingerprint density at radius 3 is 2.66 bits per heavy atom. The van der Waals surface area contributed by atoms with Crippen molar-refractivity contribution in [3.05, 3.63) is 24.2 Å². The highest BCUT2D eigenvalue weighted by molar-refractivity contribution is 7.89. The molecule has 2 aliphatic rings. The number of aromatic nitrogens is 5. The number of nitrogens with zero attached hydrogens (tertiary/aromatic N) is 6. The van der Waals surface area contributed by atoms with Crippen LogP contribution in [0.2, 0.25) is 0 Å². The van der Waals surface area contributed by atoms with E-state index in [0.717, 1.165) is 25.2 Å². The van der Waals surface area contributed by atoms with Crippen LogP contribution in [0, 0.1) is 18.3 Å². The minimum absolute atomic E-state index is 0.00719. The minimum Gasteiger partial charge on any atom is -0.381 e. The molecule has 1 spiro atoms. The summed E-state index contributed by atoms with van der Waals surface area (Å²) in [6.07, 6.45) is 5.00. The summed E-state index contributed by atoms with van der Waals surface area (Å²) in [7, 11) is -1.86. The van der Waals surface area contributed by atoms with Gasteiger partial charge in [-0.15, -0.1) is 10.2 Å². The second-order valence-corrected chi connectivity index (χ2v) is 10.7. The van der Waals surface area contributed by atoms with E-state index >= 15 is 0 Å². The van der Waals surface area contributed by atoms with Gasteiger partial charge in [0, 0.05) is 52.0 Å². The molecule has 2 saturated heterocycles. The number of imidazole rings is 1. The van der Waals surface area contributed by atoms with Crippen LogP contribution in [0.5, 0.6) is 0 Å². The van der Waals surface area contributed by atoms with Crippen LogP contribution in [0.4, 0.5) is 0 Å². The summed E-state index contributed by atoms with van der Waals surface area (Å²) in [6.45, 7) is 9.09. The van der Waals surface area contributed by atoms with Crippen LogP contribution < -0.4 is 0 Å². The summed E-state index contributed by atoms with van der Waals surface area (Å²) >= 11 is 0. The zero-order chi connectivity index (χ0) is 20.8. The summed E-state index contributed by atoms with van der Waals surface area (Å²) in [4.78, 5) is 4.28. The van der Waals surface area contributed by atoms with Crippen molar-refractivity contribution >= 4 is 10.0 Å². The van der Waals surface area contributed by atoms with Gasteiger partial charge in [-0.2, -0.15) is 4.31 Å². The summed E-state index contributed by atoms with van der Waals surface area (Å²) in [5.74, 6) is 2.01. The van der Waals surface area contributed by atoms with E-state index < -0.39 is 10.0 Å². The summed E-state index contributed by atoms with van der Waals surface area (Å²) in [5, 5.41) is 8.71. The zero-order valence-corrected chi connectivity index (χ0v) is 18.4. The second kappa shape index (κ2) is 7.48. The quantitative estimate of drug-likeness (QED) is 0.726. The Bertz CT molecular complexity index is 954. The molecule has 29 heavy (non-hydrogen) atoms. The van der Waals surface area contributed by atoms with Gasteiger partial charge < -0.3 is 13.9 Å². The fourth-order valence-electron chi connectivity index (χ4n) is 4.60. The van der Waals surface area contributed by atoms with Crippen LogP contribution in [0.1, 0.15) is 44.3 Å². The molecule has 0 saturated carbocycles. The standard InChI is InChI=1S/C19H30N6O3S/c1-14(2)9-24-13-20-22-18(24)16-10-25(12-19(16)5-7-28-8-6-19)29(26,27)17-11-23(4)15(3)21-17/h11,13-14,16H,5-10,12H2,1-4H3. The van der Waals surface area contributed by atoms with Gasteiger partial charge in [0.15, 0.2) is 5.03 Å². The molecule has 0 bridgehead atoms. The molecule has 2 aromatic rings. The molecule has 0 aromatic carbocycles. The first-order valence-corrected chi connectivity index (χ1v) is 11.6. The number of aryl methyl sites for hydroxylation is 2. The Morgan fingerprint density at radius 2 is 2.03 bits per heavy atom. The van der Waals surface area contributed by atoms with Gasteiger partial charge in [-0.05, 0) is 31.1 Å². The summed E-state index contributed by atoms with van der Waals surface area (Å²) < 4.78 is 37.8. The van der Waals surface area contributed by atoms with E-state index in [1.807, 2.05) is 7.05 Å². The van der Waals surface area contributed by atoms with Crippen LogP contribution in [0.3, 0.4) is 0 Å². The lowest BCUT2D eigenvalue weighted by atomic mass is 9.71. The Morgan fingerprint density at radius 1 is 1.31 bits per heavy atom. The zero-order valence-electron chi connectivity index (χ0n) is 17.6. The predicted molar refractivity (Wildman–Crippen MR) is 107 cm³/mol. The van der Waals surface area contributed by atoms with E-state index in [0.29, 0.717) is 38.0 Å². The first kappa shape index (κ1) is 20.5. The van der Waals surface area contributed by atoms with Crippen molar-refractivity contribution in [3.8, 4) is 0 Å². The van der Waals surface area contributed by atoms with Gasteiger partial charge in [-0.3, -0.25) is 0 Å². The van der Waals surface area contributed by atoms with Crippen LogP contribution in [0.15, 0.2) is 17.6 Å². The van der Waals surface area contributed by atoms with E-state index in [4.69, 9.17) is 4.74 Å².